The number of rotatable bonds is 2. The van der Waals surface area contributed by atoms with Gasteiger partial charge in [0, 0.05) is 6.20 Å². The minimum Gasteiger partial charge on any atom is -0.349 e. The highest BCUT2D eigenvalue weighted by Gasteiger charge is 2.33. The molecule has 0 spiro atoms. The van der Waals surface area contributed by atoms with Crippen LogP contribution in [-0.2, 0) is 6.18 Å². The molecule has 0 aliphatic heterocycles. The van der Waals surface area contributed by atoms with E-state index in [4.69, 9.17) is 0 Å². The van der Waals surface area contributed by atoms with Gasteiger partial charge in [0.15, 0.2) is 0 Å². The van der Waals surface area contributed by atoms with Crippen molar-refractivity contribution < 1.29 is 17.6 Å². The van der Waals surface area contributed by atoms with E-state index in [1.54, 1.807) is 0 Å². The number of hydrogen-bond donors (Lipinski definition) is 1. The number of alkyl halides is 4. The van der Waals surface area contributed by atoms with Gasteiger partial charge in [-0.15, -0.1) is 0 Å². The predicted molar refractivity (Wildman–Crippen MR) is 53.2 cm³/mol. The van der Waals surface area contributed by atoms with Crippen LogP contribution in [-0.4, -0.2) is 22.2 Å². The summed E-state index contributed by atoms with van der Waals surface area (Å²) in [5.74, 6) is -0.172. The van der Waals surface area contributed by atoms with E-state index in [0.29, 0.717) is 12.8 Å². The minimum absolute atomic E-state index is 0.172. The van der Waals surface area contributed by atoms with Crippen molar-refractivity contribution in [3.05, 3.63) is 18.0 Å². The van der Waals surface area contributed by atoms with Crippen LogP contribution in [0.15, 0.2) is 12.3 Å². The molecule has 0 amide bonds. The second-order valence-electron chi connectivity index (χ2n) is 3.96. The summed E-state index contributed by atoms with van der Waals surface area (Å²) >= 11 is 0. The number of anilines is 1. The molecule has 2 atom stereocenters. The average molecular weight is 249 g/mol. The Morgan fingerprint density at radius 1 is 1.29 bits per heavy atom. The van der Waals surface area contributed by atoms with Crippen molar-refractivity contribution >= 4 is 5.95 Å². The van der Waals surface area contributed by atoms with E-state index in [1.807, 2.05) is 0 Å². The maximum atomic E-state index is 13.3. The lowest BCUT2D eigenvalue weighted by molar-refractivity contribution is -0.141. The molecular formula is C10H11F4N3. The van der Waals surface area contributed by atoms with Gasteiger partial charge in [-0.25, -0.2) is 14.4 Å². The highest BCUT2D eigenvalue weighted by molar-refractivity contribution is 5.28. The Morgan fingerprint density at radius 2 is 2.06 bits per heavy atom. The highest BCUT2D eigenvalue weighted by Crippen LogP contribution is 2.28. The predicted octanol–water partition coefficient (Wildman–Crippen LogP) is 2.80. The van der Waals surface area contributed by atoms with E-state index in [-0.39, 0.29) is 5.95 Å². The number of nitrogens with zero attached hydrogens (tertiary/aromatic N) is 2. The van der Waals surface area contributed by atoms with Gasteiger partial charge in [0.2, 0.25) is 5.95 Å². The van der Waals surface area contributed by atoms with Gasteiger partial charge in [0.05, 0.1) is 6.04 Å². The van der Waals surface area contributed by atoms with E-state index >= 15 is 0 Å². The lowest BCUT2D eigenvalue weighted by Crippen LogP contribution is -2.26. The van der Waals surface area contributed by atoms with Gasteiger partial charge < -0.3 is 5.32 Å². The number of halogens is 4. The maximum Gasteiger partial charge on any atom is 0.433 e. The molecule has 3 nitrogen and oxygen atoms in total. The molecule has 1 N–H and O–H groups in total. The largest absolute Gasteiger partial charge is 0.433 e. The Kier molecular flexibility index (Phi) is 3.17. The molecule has 1 fully saturated rings. The Balaban J connectivity index is 2.11. The third-order valence-electron chi connectivity index (χ3n) is 2.69. The molecule has 1 aliphatic carbocycles. The topological polar surface area (TPSA) is 37.8 Å². The Hall–Kier alpha value is -1.40. The molecule has 0 saturated heterocycles. The van der Waals surface area contributed by atoms with Crippen LogP contribution in [0.1, 0.15) is 25.0 Å². The van der Waals surface area contributed by atoms with Crippen LogP contribution in [0.4, 0.5) is 23.5 Å². The summed E-state index contributed by atoms with van der Waals surface area (Å²) in [6.45, 7) is 0. The zero-order valence-electron chi connectivity index (χ0n) is 8.84. The van der Waals surface area contributed by atoms with Crippen molar-refractivity contribution in [2.24, 2.45) is 0 Å². The van der Waals surface area contributed by atoms with E-state index in [0.717, 1.165) is 18.7 Å². The smallest absolute Gasteiger partial charge is 0.349 e. The van der Waals surface area contributed by atoms with Crippen molar-refractivity contribution in [3.8, 4) is 0 Å². The first-order valence-electron chi connectivity index (χ1n) is 5.27. The summed E-state index contributed by atoms with van der Waals surface area (Å²) in [6.07, 6.45) is -2.81. The first-order valence-corrected chi connectivity index (χ1v) is 5.27. The molecule has 0 unspecified atom stereocenters. The van der Waals surface area contributed by atoms with E-state index in [2.05, 4.69) is 15.3 Å². The average Bonchev–Trinajstić information content (AvgIpc) is 2.64. The van der Waals surface area contributed by atoms with Gasteiger partial charge in [-0.2, -0.15) is 13.2 Å². The number of hydrogen-bond acceptors (Lipinski definition) is 3. The minimum atomic E-state index is -4.51. The monoisotopic (exact) mass is 249 g/mol. The molecule has 1 aliphatic rings. The second kappa shape index (κ2) is 4.46. The summed E-state index contributed by atoms with van der Waals surface area (Å²) in [4.78, 5) is 6.99. The van der Waals surface area contributed by atoms with Gasteiger partial charge in [0.25, 0.3) is 0 Å². The molecule has 0 radical (unpaired) electrons. The van der Waals surface area contributed by atoms with Crippen molar-refractivity contribution in [3.63, 3.8) is 0 Å². The van der Waals surface area contributed by atoms with E-state index < -0.39 is 24.1 Å². The van der Waals surface area contributed by atoms with Gasteiger partial charge in [-0.1, -0.05) is 0 Å². The quantitative estimate of drug-likeness (QED) is 0.819. The third kappa shape index (κ3) is 2.83. The fourth-order valence-corrected chi connectivity index (χ4v) is 1.83. The molecule has 17 heavy (non-hydrogen) atoms. The molecule has 1 aromatic heterocycles. The van der Waals surface area contributed by atoms with Crippen LogP contribution in [0, 0.1) is 0 Å². The molecule has 7 heteroatoms. The van der Waals surface area contributed by atoms with Gasteiger partial charge >= 0.3 is 6.18 Å². The highest BCUT2D eigenvalue weighted by atomic mass is 19.4. The van der Waals surface area contributed by atoms with Crippen molar-refractivity contribution in [1.82, 2.24) is 9.97 Å². The van der Waals surface area contributed by atoms with Crippen LogP contribution in [0.2, 0.25) is 0 Å². The lowest BCUT2D eigenvalue weighted by atomic mass is 10.2. The van der Waals surface area contributed by atoms with Crippen LogP contribution in [0.5, 0.6) is 0 Å². The van der Waals surface area contributed by atoms with Crippen molar-refractivity contribution in [2.45, 2.75) is 37.7 Å². The molecular weight excluding hydrogens is 238 g/mol. The third-order valence-corrected chi connectivity index (χ3v) is 2.69. The maximum absolute atomic E-state index is 13.3. The van der Waals surface area contributed by atoms with E-state index in [1.165, 1.54) is 0 Å². The van der Waals surface area contributed by atoms with Crippen molar-refractivity contribution in [2.75, 3.05) is 5.32 Å². The van der Waals surface area contributed by atoms with Gasteiger partial charge in [0.1, 0.15) is 11.9 Å². The molecule has 1 heterocycles. The van der Waals surface area contributed by atoms with E-state index in [9.17, 15) is 17.6 Å². The zero-order valence-corrected chi connectivity index (χ0v) is 8.84. The molecule has 2 rings (SSSR count). The van der Waals surface area contributed by atoms with Gasteiger partial charge in [-0.3, -0.25) is 0 Å². The second-order valence-corrected chi connectivity index (χ2v) is 3.96. The van der Waals surface area contributed by atoms with Crippen LogP contribution >= 0.6 is 0 Å². The summed E-state index contributed by atoms with van der Waals surface area (Å²) in [5.41, 5.74) is -1.02. The molecule has 0 bridgehead atoms. The van der Waals surface area contributed by atoms with Crippen molar-refractivity contribution in [1.29, 1.82) is 0 Å². The molecule has 1 aromatic rings. The van der Waals surface area contributed by atoms with Crippen LogP contribution in [0.25, 0.3) is 0 Å². The number of aromatic nitrogens is 2. The first kappa shape index (κ1) is 12.1. The zero-order chi connectivity index (χ0) is 12.5. The fourth-order valence-electron chi connectivity index (χ4n) is 1.83. The Morgan fingerprint density at radius 3 is 2.65 bits per heavy atom. The summed E-state index contributed by atoms with van der Waals surface area (Å²) in [7, 11) is 0. The Labute approximate surface area is 95.3 Å². The van der Waals surface area contributed by atoms with Crippen LogP contribution < -0.4 is 5.32 Å². The summed E-state index contributed by atoms with van der Waals surface area (Å²) in [6, 6.07) is 0.297. The molecule has 94 valence electrons. The normalized spacial score (nSPS) is 24.9. The SMILES string of the molecule is F[C@@H]1CCC[C@H]1Nc1nccc(C(F)(F)F)n1. The number of nitrogens with one attached hydrogen (secondary N) is 1. The summed E-state index contributed by atoms with van der Waals surface area (Å²) < 4.78 is 50.4. The van der Waals surface area contributed by atoms with Crippen LogP contribution in [0.3, 0.4) is 0 Å². The standard InChI is InChI=1S/C10H11F4N3/c11-6-2-1-3-7(6)16-9-15-5-4-8(17-9)10(12,13)14/h4-7H,1-3H2,(H,15,16,17)/t6-,7-/m1/s1. The molecule has 0 aromatic carbocycles. The first-order chi connectivity index (χ1) is 7.97. The summed E-state index contributed by atoms with van der Waals surface area (Å²) in [5, 5.41) is 2.61. The Bertz CT molecular complexity index is 393. The van der Waals surface area contributed by atoms with Gasteiger partial charge in [-0.05, 0) is 25.3 Å². The lowest BCUT2D eigenvalue weighted by Gasteiger charge is -2.15. The molecule has 1 saturated carbocycles. The fraction of sp³-hybridized carbons (Fsp3) is 0.600.